The highest BCUT2D eigenvalue weighted by molar-refractivity contribution is 7.98. The van der Waals surface area contributed by atoms with Crippen molar-refractivity contribution < 1.29 is 14.7 Å². The van der Waals surface area contributed by atoms with Gasteiger partial charge >= 0.3 is 5.97 Å². The zero-order chi connectivity index (χ0) is 14.3. The fourth-order valence-electron chi connectivity index (χ4n) is 1.41. The quantitative estimate of drug-likeness (QED) is 0.570. The van der Waals surface area contributed by atoms with Crippen LogP contribution in [0.1, 0.15) is 12.0 Å². The number of amides is 1. The van der Waals surface area contributed by atoms with Crippen molar-refractivity contribution in [2.24, 2.45) is 0 Å². The summed E-state index contributed by atoms with van der Waals surface area (Å²) in [7, 11) is 0. The number of carbonyl (C=O) groups excluding carboxylic acids is 1. The Morgan fingerprint density at radius 1 is 1.42 bits per heavy atom. The topological polar surface area (TPSA) is 66.4 Å². The molecule has 1 amide bonds. The second-order valence-electron chi connectivity index (χ2n) is 3.72. The minimum atomic E-state index is -1.04. The first-order valence-corrected chi connectivity index (χ1v) is 7.40. The van der Waals surface area contributed by atoms with Gasteiger partial charge in [-0.05, 0) is 29.9 Å². The highest BCUT2D eigenvalue weighted by Gasteiger charge is 2.15. The van der Waals surface area contributed by atoms with Crippen LogP contribution in [0.25, 0.3) is 0 Å². The lowest BCUT2D eigenvalue weighted by Gasteiger charge is -2.11. The van der Waals surface area contributed by atoms with Gasteiger partial charge in [-0.3, -0.25) is 4.79 Å². The molecule has 0 saturated heterocycles. The molecule has 19 heavy (non-hydrogen) atoms. The minimum Gasteiger partial charge on any atom is -0.480 e. The smallest absolute Gasteiger partial charge is 0.326 e. The van der Waals surface area contributed by atoms with Crippen LogP contribution in [0.3, 0.4) is 0 Å². The Morgan fingerprint density at radius 3 is 2.58 bits per heavy atom. The van der Waals surface area contributed by atoms with Crippen LogP contribution in [0, 0.1) is 0 Å². The van der Waals surface area contributed by atoms with Crippen LogP contribution in [0.4, 0.5) is 0 Å². The lowest BCUT2D eigenvalue weighted by atomic mass is 10.2. The lowest BCUT2D eigenvalue weighted by Crippen LogP contribution is -2.36. The average Bonchev–Trinajstić information content (AvgIpc) is 2.35. The number of aliphatic carboxylic acids is 1. The number of thioether (sulfide) groups is 1. The van der Waals surface area contributed by atoms with Crippen molar-refractivity contribution in [3.8, 4) is 0 Å². The summed E-state index contributed by atoms with van der Waals surface area (Å²) in [6, 6.07) is 4.44. The number of carboxylic acids is 1. The number of benzene rings is 1. The lowest BCUT2D eigenvalue weighted by molar-refractivity contribution is -0.140. The molecule has 0 fully saturated rings. The van der Waals surface area contributed by atoms with Crippen LogP contribution in [-0.2, 0) is 15.3 Å². The summed E-state index contributed by atoms with van der Waals surface area (Å²) in [5, 5.41) is 12.3. The molecule has 1 unspecified atom stereocenters. The van der Waals surface area contributed by atoms with Crippen molar-refractivity contribution in [3.05, 3.63) is 33.8 Å². The van der Waals surface area contributed by atoms with Crippen molar-refractivity contribution in [1.82, 2.24) is 5.32 Å². The molecule has 7 heteroatoms. The van der Waals surface area contributed by atoms with Crippen LogP contribution >= 0.6 is 35.0 Å². The minimum absolute atomic E-state index is 0.348. The molecule has 0 spiro atoms. The first-order chi connectivity index (χ1) is 9.06. The number of rotatable bonds is 8. The molecule has 1 rings (SSSR count). The molecule has 0 aliphatic heterocycles. The summed E-state index contributed by atoms with van der Waals surface area (Å²) in [6.45, 7) is 0. The summed E-state index contributed by atoms with van der Waals surface area (Å²) < 4.78 is 0. The van der Waals surface area contributed by atoms with Gasteiger partial charge in [-0.2, -0.15) is 11.8 Å². The van der Waals surface area contributed by atoms with Gasteiger partial charge in [0.15, 0.2) is 0 Å². The van der Waals surface area contributed by atoms with Gasteiger partial charge in [0.2, 0.25) is 6.41 Å². The number of nitrogens with one attached hydrogen (secondary N) is 1. The highest BCUT2D eigenvalue weighted by atomic mass is 35.5. The van der Waals surface area contributed by atoms with Crippen LogP contribution in [-0.4, -0.2) is 29.3 Å². The largest absolute Gasteiger partial charge is 0.480 e. The van der Waals surface area contributed by atoms with Crippen LogP contribution in [0.2, 0.25) is 10.0 Å². The van der Waals surface area contributed by atoms with Crippen LogP contribution in [0.15, 0.2) is 18.2 Å². The fraction of sp³-hybridized carbons (Fsp3) is 0.333. The average molecular weight is 322 g/mol. The second kappa shape index (κ2) is 8.30. The van der Waals surface area contributed by atoms with Gasteiger partial charge in [-0.15, -0.1) is 0 Å². The first kappa shape index (κ1) is 16.1. The van der Waals surface area contributed by atoms with E-state index in [9.17, 15) is 9.59 Å². The standard InChI is InChI=1S/C12H13Cl2NO3S/c13-9-2-1-3-10(14)8(9)6-19-5-4-11(12(17)18)15-7-16/h1-3,7,11H,4-6H2,(H,15,16)(H,17,18). The van der Waals surface area contributed by atoms with Gasteiger partial charge < -0.3 is 10.4 Å². The predicted molar refractivity (Wildman–Crippen MR) is 77.9 cm³/mol. The number of carboxylic acid groups (broad SMARTS) is 1. The monoisotopic (exact) mass is 321 g/mol. The van der Waals surface area contributed by atoms with E-state index in [2.05, 4.69) is 5.32 Å². The van der Waals surface area contributed by atoms with Crippen molar-refractivity contribution >= 4 is 47.3 Å². The summed E-state index contributed by atoms with van der Waals surface area (Å²) in [6.07, 6.45) is 0.745. The summed E-state index contributed by atoms with van der Waals surface area (Å²) >= 11 is 13.6. The maximum Gasteiger partial charge on any atom is 0.326 e. The zero-order valence-corrected chi connectivity index (χ0v) is 12.3. The number of carbonyl (C=O) groups is 2. The number of hydrogen-bond acceptors (Lipinski definition) is 3. The molecule has 1 aromatic rings. The third-order valence-electron chi connectivity index (χ3n) is 2.43. The van der Waals surface area contributed by atoms with E-state index in [1.807, 2.05) is 0 Å². The maximum absolute atomic E-state index is 10.8. The molecule has 2 N–H and O–H groups in total. The Kier molecular flexibility index (Phi) is 7.05. The predicted octanol–water partition coefficient (Wildman–Crippen LogP) is 2.82. The first-order valence-electron chi connectivity index (χ1n) is 5.49. The fourth-order valence-corrected chi connectivity index (χ4v) is 3.16. The SMILES string of the molecule is O=CNC(CCSCc1c(Cl)cccc1Cl)C(=O)O. The molecule has 1 atom stereocenters. The maximum atomic E-state index is 10.8. The van der Waals surface area contributed by atoms with E-state index in [-0.39, 0.29) is 0 Å². The number of hydrogen-bond donors (Lipinski definition) is 2. The third-order valence-corrected chi connectivity index (χ3v) is 4.15. The van der Waals surface area contributed by atoms with E-state index in [1.54, 1.807) is 18.2 Å². The van der Waals surface area contributed by atoms with Crippen molar-refractivity contribution in [2.75, 3.05) is 5.75 Å². The normalized spacial score (nSPS) is 11.9. The Balaban J connectivity index is 2.42. The molecule has 0 radical (unpaired) electrons. The second-order valence-corrected chi connectivity index (χ2v) is 5.64. The van der Waals surface area contributed by atoms with E-state index >= 15 is 0 Å². The third kappa shape index (κ3) is 5.30. The summed E-state index contributed by atoms with van der Waals surface area (Å²) in [5.41, 5.74) is 0.839. The van der Waals surface area contributed by atoms with E-state index in [1.165, 1.54) is 11.8 Å². The molecule has 104 valence electrons. The Morgan fingerprint density at radius 2 is 2.05 bits per heavy atom. The molecule has 1 aromatic carbocycles. The summed E-state index contributed by atoms with van der Waals surface area (Å²) in [5.74, 6) is 0.147. The van der Waals surface area contributed by atoms with Gasteiger partial charge in [-0.25, -0.2) is 4.79 Å². The van der Waals surface area contributed by atoms with Crippen LogP contribution < -0.4 is 5.32 Å². The molecule has 0 saturated carbocycles. The van der Waals surface area contributed by atoms with Crippen molar-refractivity contribution in [3.63, 3.8) is 0 Å². The number of halogens is 2. The molecular weight excluding hydrogens is 309 g/mol. The van der Waals surface area contributed by atoms with E-state index < -0.39 is 12.0 Å². The Labute approximate surface area is 125 Å². The molecule has 0 aromatic heterocycles. The van der Waals surface area contributed by atoms with Crippen molar-refractivity contribution in [2.45, 2.75) is 18.2 Å². The Bertz CT molecular complexity index is 436. The molecule has 0 bridgehead atoms. The molecule has 0 aliphatic rings. The van der Waals surface area contributed by atoms with E-state index in [0.717, 1.165) is 5.56 Å². The van der Waals surface area contributed by atoms with E-state index in [4.69, 9.17) is 28.3 Å². The molecule has 0 heterocycles. The van der Waals surface area contributed by atoms with Gasteiger partial charge in [-0.1, -0.05) is 29.3 Å². The summed E-state index contributed by atoms with van der Waals surface area (Å²) in [4.78, 5) is 21.0. The van der Waals surface area contributed by atoms with Gasteiger partial charge in [0.25, 0.3) is 0 Å². The zero-order valence-electron chi connectivity index (χ0n) is 9.94. The highest BCUT2D eigenvalue weighted by Crippen LogP contribution is 2.28. The van der Waals surface area contributed by atoms with Gasteiger partial charge in [0.05, 0.1) is 0 Å². The van der Waals surface area contributed by atoms with E-state index in [0.29, 0.717) is 34.4 Å². The molecular formula is C12H13Cl2NO3S. The van der Waals surface area contributed by atoms with Crippen molar-refractivity contribution in [1.29, 1.82) is 0 Å². The van der Waals surface area contributed by atoms with Gasteiger partial charge in [0, 0.05) is 15.8 Å². The van der Waals surface area contributed by atoms with Gasteiger partial charge in [0.1, 0.15) is 6.04 Å². The molecule has 0 aliphatic carbocycles. The molecule has 4 nitrogen and oxygen atoms in total. The Hall–Kier alpha value is -0.910. The van der Waals surface area contributed by atoms with Crippen LogP contribution in [0.5, 0.6) is 0 Å².